The lowest BCUT2D eigenvalue weighted by molar-refractivity contribution is 0.829. The Bertz CT molecular complexity index is 512. The van der Waals surface area contributed by atoms with Crippen LogP contribution in [0.5, 0.6) is 0 Å². The summed E-state index contributed by atoms with van der Waals surface area (Å²) in [5.41, 5.74) is 1.91. The fourth-order valence-corrected chi connectivity index (χ4v) is 1.68. The van der Waals surface area contributed by atoms with Gasteiger partial charge in [0.15, 0.2) is 0 Å². The van der Waals surface area contributed by atoms with Crippen LogP contribution in [0.3, 0.4) is 0 Å². The lowest BCUT2D eigenvalue weighted by Crippen LogP contribution is -2.11. The Morgan fingerprint density at radius 2 is 2.06 bits per heavy atom. The Morgan fingerprint density at radius 1 is 1.22 bits per heavy atom. The summed E-state index contributed by atoms with van der Waals surface area (Å²) in [6.07, 6.45) is 1.79. The molecule has 2 N–H and O–H groups in total. The van der Waals surface area contributed by atoms with E-state index in [2.05, 4.69) is 32.5 Å². The third-order valence-electron chi connectivity index (χ3n) is 2.57. The summed E-state index contributed by atoms with van der Waals surface area (Å²) in [6.45, 7) is 4.00. The van der Waals surface area contributed by atoms with Gasteiger partial charge >= 0.3 is 0 Å². The molecule has 0 aliphatic heterocycles. The first kappa shape index (κ1) is 12.3. The quantitative estimate of drug-likeness (QED) is 0.863. The standard InChI is InChI=1S/C13H17N5/c1-9-8-12(18-13(14-3)16-9)17-10(2)11-6-4-5-7-15-11/h4-8,10H,1-3H3,(H2,14,16,17,18). The molecule has 18 heavy (non-hydrogen) atoms. The van der Waals surface area contributed by atoms with Gasteiger partial charge < -0.3 is 10.6 Å². The number of rotatable bonds is 4. The van der Waals surface area contributed by atoms with Crippen molar-refractivity contribution < 1.29 is 0 Å². The molecule has 0 amide bonds. The highest BCUT2D eigenvalue weighted by Crippen LogP contribution is 2.17. The number of hydrogen-bond donors (Lipinski definition) is 2. The minimum absolute atomic E-state index is 0.102. The van der Waals surface area contributed by atoms with Crippen LogP contribution in [-0.4, -0.2) is 22.0 Å². The second-order valence-electron chi connectivity index (χ2n) is 4.09. The topological polar surface area (TPSA) is 62.7 Å². The first-order valence-electron chi connectivity index (χ1n) is 5.90. The van der Waals surface area contributed by atoms with Crippen molar-refractivity contribution in [3.8, 4) is 0 Å². The lowest BCUT2D eigenvalue weighted by Gasteiger charge is -2.14. The van der Waals surface area contributed by atoms with Gasteiger partial charge in [-0.15, -0.1) is 0 Å². The SMILES string of the molecule is CNc1nc(C)cc(NC(C)c2ccccn2)n1. The van der Waals surface area contributed by atoms with Gasteiger partial charge in [-0.2, -0.15) is 4.98 Å². The number of nitrogens with one attached hydrogen (secondary N) is 2. The zero-order valence-corrected chi connectivity index (χ0v) is 10.8. The van der Waals surface area contributed by atoms with Gasteiger partial charge in [0, 0.05) is 25.0 Å². The predicted molar refractivity (Wildman–Crippen MR) is 72.6 cm³/mol. The molecule has 0 aliphatic rings. The molecule has 0 spiro atoms. The molecule has 2 heterocycles. The Hall–Kier alpha value is -2.17. The van der Waals surface area contributed by atoms with Crippen LogP contribution < -0.4 is 10.6 Å². The summed E-state index contributed by atoms with van der Waals surface area (Å²) in [6, 6.07) is 7.89. The maximum Gasteiger partial charge on any atom is 0.224 e. The fraction of sp³-hybridized carbons (Fsp3) is 0.308. The van der Waals surface area contributed by atoms with E-state index in [0.29, 0.717) is 5.95 Å². The second kappa shape index (κ2) is 5.44. The molecule has 1 atom stereocenters. The van der Waals surface area contributed by atoms with Crippen molar-refractivity contribution in [1.29, 1.82) is 0 Å². The summed E-state index contributed by atoms with van der Waals surface area (Å²) in [7, 11) is 1.81. The van der Waals surface area contributed by atoms with Crippen molar-refractivity contribution >= 4 is 11.8 Å². The summed E-state index contributed by atoms with van der Waals surface area (Å²) in [4.78, 5) is 12.9. The minimum atomic E-state index is 0.102. The number of aryl methyl sites for hydroxylation is 1. The Balaban J connectivity index is 2.16. The molecule has 5 nitrogen and oxygen atoms in total. The van der Waals surface area contributed by atoms with Gasteiger partial charge in [0.1, 0.15) is 5.82 Å². The Kier molecular flexibility index (Phi) is 3.72. The molecule has 2 rings (SSSR count). The van der Waals surface area contributed by atoms with E-state index < -0.39 is 0 Å². The molecule has 2 aromatic rings. The molecule has 0 aromatic carbocycles. The van der Waals surface area contributed by atoms with Gasteiger partial charge in [0.2, 0.25) is 5.95 Å². The van der Waals surface area contributed by atoms with Crippen LogP contribution in [0.25, 0.3) is 0 Å². The lowest BCUT2D eigenvalue weighted by atomic mass is 10.2. The highest BCUT2D eigenvalue weighted by Gasteiger charge is 2.08. The van der Waals surface area contributed by atoms with E-state index in [1.54, 1.807) is 13.2 Å². The number of nitrogens with zero attached hydrogens (tertiary/aromatic N) is 3. The summed E-state index contributed by atoms with van der Waals surface area (Å²) in [5.74, 6) is 1.41. The molecule has 94 valence electrons. The predicted octanol–water partition coefficient (Wildman–Crippen LogP) is 2.39. The molecule has 0 radical (unpaired) electrons. The van der Waals surface area contributed by atoms with Crippen molar-refractivity contribution in [3.63, 3.8) is 0 Å². The third-order valence-corrected chi connectivity index (χ3v) is 2.57. The molecule has 0 bridgehead atoms. The van der Waals surface area contributed by atoms with Gasteiger partial charge in [-0.3, -0.25) is 4.98 Å². The maximum absolute atomic E-state index is 4.36. The monoisotopic (exact) mass is 243 g/mol. The largest absolute Gasteiger partial charge is 0.362 e. The summed E-state index contributed by atoms with van der Waals surface area (Å²) >= 11 is 0. The number of pyridine rings is 1. The smallest absolute Gasteiger partial charge is 0.224 e. The molecule has 0 fully saturated rings. The normalized spacial score (nSPS) is 11.9. The van der Waals surface area contributed by atoms with Crippen LogP contribution in [0.4, 0.5) is 11.8 Å². The van der Waals surface area contributed by atoms with Crippen LogP contribution in [0.1, 0.15) is 24.4 Å². The molecule has 1 unspecified atom stereocenters. The van der Waals surface area contributed by atoms with E-state index >= 15 is 0 Å². The Labute approximate surface area is 107 Å². The van der Waals surface area contributed by atoms with Crippen LogP contribution in [0.2, 0.25) is 0 Å². The third kappa shape index (κ3) is 2.94. The number of aromatic nitrogens is 3. The summed E-state index contributed by atoms with van der Waals surface area (Å²) < 4.78 is 0. The zero-order chi connectivity index (χ0) is 13.0. The van der Waals surface area contributed by atoms with Gasteiger partial charge in [0.05, 0.1) is 11.7 Å². The molecule has 5 heteroatoms. The van der Waals surface area contributed by atoms with Crippen molar-refractivity contribution in [2.24, 2.45) is 0 Å². The van der Waals surface area contributed by atoms with Crippen molar-refractivity contribution in [1.82, 2.24) is 15.0 Å². The van der Waals surface area contributed by atoms with Crippen molar-refractivity contribution in [3.05, 3.63) is 41.9 Å². The van der Waals surface area contributed by atoms with E-state index in [1.165, 1.54) is 0 Å². The van der Waals surface area contributed by atoms with Crippen LogP contribution in [-0.2, 0) is 0 Å². The molecular formula is C13H17N5. The van der Waals surface area contributed by atoms with Crippen LogP contribution in [0, 0.1) is 6.92 Å². The highest BCUT2D eigenvalue weighted by atomic mass is 15.1. The summed E-state index contributed by atoms with van der Waals surface area (Å²) in [5, 5.41) is 6.26. The van der Waals surface area contributed by atoms with Gasteiger partial charge in [-0.05, 0) is 26.0 Å². The molecular weight excluding hydrogens is 226 g/mol. The fourth-order valence-electron chi connectivity index (χ4n) is 1.68. The first-order chi connectivity index (χ1) is 8.69. The van der Waals surface area contributed by atoms with Gasteiger partial charge in [0.25, 0.3) is 0 Å². The zero-order valence-electron chi connectivity index (χ0n) is 10.8. The van der Waals surface area contributed by atoms with E-state index in [9.17, 15) is 0 Å². The second-order valence-corrected chi connectivity index (χ2v) is 4.09. The van der Waals surface area contributed by atoms with Gasteiger partial charge in [-0.25, -0.2) is 4.98 Å². The molecule has 0 saturated heterocycles. The Morgan fingerprint density at radius 3 is 2.72 bits per heavy atom. The van der Waals surface area contributed by atoms with E-state index in [4.69, 9.17) is 0 Å². The van der Waals surface area contributed by atoms with E-state index in [0.717, 1.165) is 17.2 Å². The average Bonchev–Trinajstić information content (AvgIpc) is 2.39. The maximum atomic E-state index is 4.36. The minimum Gasteiger partial charge on any atom is -0.362 e. The highest BCUT2D eigenvalue weighted by molar-refractivity contribution is 5.43. The number of anilines is 2. The van der Waals surface area contributed by atoms with Crippen molar-refractivity contribution in [2.45, 2.75) is 19.9 Å². The molecule has 0 saturated carbocycles. The van der Waals surface area contributed by atoms with Crippen molar-refractivity contribution in [2.75, 3.05) is 17.7 Å². The van der Waals surface area contributed by atoms with E-state index in [-0.39, 0.29) is 6.04 Å². The van der Waals surface area contributed by atoms with Crippen LogP contribution >= 0.6 is 0 Å². The first-order valence-corrected chi connectivity index (χ1v) is 5.90. The number of hydrogen-bond acceptors (Lipinski definition) is 5. The average molecular weight is 243 g/mol. The van der Waals surface area contributed by atoms with E-state index in [1.807, 2.05) is 31.2 Å². The van der Waals surface area contributed by atoms with Gasteiger partial charge in [-0.1, -0.05) is 6.07 Å². The van der Waals surface area contributed by atoms with Crippen LogP contribution in [0.15, 0.2) is 30.5 Å². The molecule has 0 aliphatic carbocycles. The molecule has 2 aromatic heterocycles.